The average molecular weight is 310 g/mol. The van der Waals surface area contributed by atoms with E-state index < -0.39 is 0 Å². The second kappa shape index (κ2) is 4.84. The molecule has 0 aromatic heterocycles. The lowest BCUT2D eigenvalue weighted by Crippen LogP contribution is -2.43. The maximum absolute atomic E-state index is 12.2. The van der Waals surface area contributed by atoms with Crippen LogP contribution in [0.25, 0.3) is 0 Å². The van der Waals surface area contributed by atoms with Gasteiger partial charge in [-0.2, -0.15) is 0 Å². The van der Waals surface area contributed by atoms with Gasteiger partial charge in [0, 0.05) is 16.4 Å². The monoisotopic (exact) mass is 309 g/mol. The highest BCUT2D eigenvalue weighted by molar-refractivity contribution is 9.10. The van der Waals surface area contributed by atoms with Gasteiger partial charge in [-0.1, -0.05) is 28.1 Å². The third-order valence-corrected chi connectivity index (χ3v) is 3.79. The smallest absolute Gasteiger partial charge is 0.227 e. The van der Waals surface area contributed by atoms with E-state index in [1.54, 1.807) is 4.90 Å². The number of Topliss-reactive ketones (excluding diaryl/α,β-unsaturated/α-hetero) is 1. The van der Waals surface area contributed by atoms with Crippen LogP contribution in [0.1, 0.15) is 25.8 Å². The van der Waals surface area contributed by atoms with Crippen LogP contribution in [0, 0.1) is 0 Å². The number of halogens is 1. The lowest BCUT2D eigenvalue weighted by molar-refractivity contribution is -0.134. The number of hydrogen-bond donors (Lipinski definition) is 0. The van der Waals surface area contributed by atoms with Crippen LogP contribution in [0.3, 0.4) is 0 Å². The molecule has 2 rings (SSSR count). The van der Waals surface area contributed by atoms with E-state index in [4.69, 9.17) is 0 Å². The lowest BCUT2D eigenvalue weighted by Gasteiger charge is -2.30. The van der Waals surface area contributed by atoms with Crippen molar-refractivity contribution in [2.24, 2.45) is 0 Å². The second-order valence-corrected chi connectivity index (χ2v) is 6.23. The first-order valence-corrected chi connectivity index (χ1v) is 6.74. The van der Waals surface area contributed by atoms with Gasteiger partial charge in [-0.05, 0) is 31.5 Å². The lowest BCUT2D eigenvalue weighted by atomic mass is 10.0. The summed E-state index contributed by atoms with van der Waals surface area (Å²) in [7, 11) is 0. The van der Waals surface area contributed by atoms with Crippen molar-refractivity contribution in [1.82, 2.24) is 4.90 Å². The van der Waals surface area contributed by atoms with E-state index in [9.17, 15) is 9.59 Å². The Hall–Kier alpha value is -1.16. The van der Waals surface area contributed by atoms with E-state index in [1.165, 1.54) is 0 Å². The third kappa shape index (κ3) is 2.80. The molecule has 1 heterocycles. The predicted octanol–water partition coefficient (Wildman–Crippen LogP) is 2.57. The Labute approximate surface area is 115 Å². The molecule has 1 aromatic rings. The highest BCUT2D eigenvalue weighted by atomic mass is 79.9. The quantitative estimate of drug-likeness (QED) is 0.842. The SMILES string of the molecule is CC1(C)CC(=O)CN1C(=O)Cc1ccc(Br)cc1. The van der Waals surface area contributed by atoms with Crippen LogP contribution in [-0.4, -0.2) is 28.7 Å². The number of rotatable bonds is 2. The molecule has 1 aliphatic heterocycles. The van der Waals surface area contributed by atoms with E-state index >= 15 is 0 Å². The minimum absolute atomic E-state index is 0.0215. The molecule has 18 heavy (non-hydrogen) atoms. The van der Waals surface area contributed by atoms with Crippen molar-refractivity contribution in [3.8, 4) is 0 Å². The summed E-state index contributed by atoms with van der Waals surface area (Å²) in [5.41, 5.74) is 0.627. The Morgan fingerprint density at radius 1 is 1.33 bits per heavy atom. The van der Waals surface area contributed by atoms with Crippen molar-refractivity contribution < 1.29 is 9.59 Å². The maximum Gasteiger partial charge on any atom is 0.227 e. The topological polar surface area (TPSA) is 37.4 Å². The molecule has 0 radical (unpaired) electrons. The van der Waals surface area contributed by atoms with Crippen molar-refractivity contribution in [3.05, 3.63) is 34.3 Å². The van der Waals surface area contributed by atoms with E-state index in [2.05, 4.69) is 15.9 Å². The minimum atomic E-state index is -0.344. The van der Waals surface area contributed by atoms with E-state index in [-0.39, 0.29) is 23.8 Å². The number of hydrogen-bond acceptors (Lipinski definition) is 2. The first kappa shape index (κ1) is 13.3. The van der Waals surface area contributed by atoms with Crippen LogP contribution in [0.5, 0.6) is 0 Å². The van der Waals surface area contributed by atoms with Gasteiger partial charge in [-0.3, -0.25) is 9.59 Å². The highest BCUT2D eigenvalue weighted by Gasteiger charge is 2.39. The summed E-state index contributed by atoms with van der Waals surface area (Å²) in [5.74, 6) is 0.164. The molecule has 1 amide bonds. The number of nitrogens with zero attached hydrogens (tertiary/aromatic N) is 1. The fourth-order valence-corrected chi connectivity index (χ4v) is 2.59. The molecule has 0 saturated carbocycles. The molecular weight excluding hydrogens is 294 g/mol. The van der Waals surface area contributed by atoms with Gasteiger partial charge in [-0.15, -0.1) is 0 Å². The average Bonchev–Trinajstić information content (AvgIpc) is 2.55. The van der Waals surface area contributed by atoms with Crippen LogP contribution < -0.4 is 0 Å². The van der Waals surface area contributed by atoms with Crippen molar-refractivity contribution >= 4 is 27.6 Å². The van der Waals surface area contributed by atoms with Gasteiger partial charge in [0.2, 0.25) is 5.91 Å². The number of benzene rings is 1. The number of likely N-dealkylation sites (tertiary alicyclic amines) is 1. The third-order valence-electron chi connectivity index (χ3n) is 3.26. The summed E-state index contributed by atoms with van der Waals surface area (Å²) in [5, 5.41) is 0. The molecule has 0 unspecified atom stereocenters. The zero-order valence-corrected chi connectivity index (χ0v) is 12.2. The van der Waals surface area contributed by atoms with Crippen LogP contribution in [0.2, 0.25) is 0 Å². The number of carbonyl (C=O) groups is 2. The molecule has 0 aliphatic carbocycles. The molecule has 0 N–H and O–H groups in total. The molecule has 96 valence electrons. The fraction of sp³-hybridized carbons (Fsp3) is 0.429. The Morgan fingerprint density at radius 3 is 2.44 bits per heavy atom. The first-order chi connectivity index (χ1) is 8.38. The van der Waals surface area contributed by atoms with E-state index in [0.717, 1.165) is 10.0 Å². The standard InChI is InChI=1S/C14H16BrNO2/c1-14(2)8-12(17)9-16(14)13(18)7-10-3-5-11(15)6-4-10/h3-6H,7-9H2,1-2H3. The second-order valence-electron chi connectivity index (χ2n) is 5.31. The van der Waals surface area contributed by atoms with Gasteiger partial charge in [0.25, 0.3) is 0 Å². The Bertz CT molecular complexity index is 479. The largest absolute Gasteiger partial charge is 0.330 e. The molecule has 0 atom stereocenters. The van der Waals surface area contributed by atoms with Gasteiger partial charge in [0.15, 0.2) is 5.78 Å². The summed E-state index contributed by atoms with van der Waals surface area (Å²) in [6.07, 6.45) is 0.809. The van der Waals surface area contributed by atoms with Gasteiger partial charge >= 0.3 is 0 Å². The molecule has 3 nitrogen and oxygen atoms in total. The summed E-state index contributed by atoms with van der Waals surface area (Å²) in [6, 6.07) is 7.69. The van der Waals surface area contributed by atoms with Crippen LogP contribution >= 0.6 is 15.9 Å². The molecule has 1 aromatic carbocycles. The predicted molar refractivity (Wildman–Crippen MR) is 73.3 cm³/mol. The normalized spacial score (nSPS) is 18.2. The van der Waals surface area contributed by atoms with Crippen LogP contribution in [0.15, 0.2) is 28.7 Å². The Kier molecular flexibility index (Phi) is 3.57. The molecule has 1 aliphatic rings. The van der Waals surface area contributed by atoms with Crippen molar-refractivity contribution in [2.45, 2.75) is 32.2 Å². The highest BCUT2D eigenvalue weighted by Crippen LogP contribution is 2.26. The maximum atomic E-state index is 12.2. The van der Waals surface area contributed by atoms with Gasteiger partial charge in [0.1, 0.15) is 0 Å². The summed E-state index contributed by atoms with van der Waals surface area (Å²) in [4.78, 5) is 25.4. The molecule has 1 saturated heterocycles. The first-order valence-electron chi connectivity index (χ1n) is 5.95. The molecule has 0 bridgehead atoms. The summed E-state index contributed by atoms with van der Waals surface area (Å²) in [6.45, 7) is 4.14. The van der Waals surface area contributed by atoms with Crippen LogP contribution in [-0.2, 0) is 16.0 Å². The molecule has 0 spiro atoms. The summed E-state index contributed by atoms with van der Waals surface area (Å²) < 4.78 is 0.996. The molecular formula is C14H16BrNO2. The van der Waals surface area contributed by atoms with E-state index in [1.807, 2.05) is 38.1 Å². The van der Waals surface area contributed by atoms with Gasteiger partial charge in [-0.25, -0.2) is 0 Å². The van der Waals surface area contributed by atoms with Gasteiger partial charge < -0.3 is 4.90 Å². The number of amides is 1. The summed E-state index contributed by atoms with van der Waals surface area (Å²) >= 11 is 3.36. The number of carbonyl (C=O) groups excluding carboxylic acids is 2. The van der Waals surface area contributed by atoms with E-state index in [0.29, 0.717) is 12.8 Å². The minimum Gasteiger partial charge on any atom is -0.330 e. The zero-order valence-electron chi connectivity index (χ0n) is 10.6. The zero-order chi connectivity index (χ0) is 13.3. The Morgan fingerprint density at radius 2 is 1.94 bits per heavy atom. The molecule has 1 fully saturated rings. The Balaban J connectivity index is 2.08. The van der Waals surface area contributed by atoms with Crippen molar-refractivity contribution in [2.75, 3.05) is 6.54 Å². The molecule has 4 heteroatoms. The van der Waals surface area contributed by atoms with Crippen molar-refractivity contribution in [1.29, 1.82) is 0 Å². The van der Waals surface area contributed by atoms with Crippen molar-refractivity contribution in [3.63, 3.8) is 0 Å². The fourth-order valence-electron chi connectivity index (χ4n) is 2.32. The van der Waals surface area contributed by atoms with Crippen LogP contribution in [0.4, 0.5) is 0 Å². The van der Waals surface area contributed by atoms with Gasteiger partial charge in [0.05, 0.1) is 13.0 Å². The number of ketones is 1.